The molecule has 0 atom stereocenters. The Kier molecular flexibility index (Phi) is 6.49. The molecule has 0 amide bonds. The maximum absolute atomic E-state index is 14.5. The smallest absolute Gasteiger partial charge is 0.198 e. The Morgan fingerprint density at radius 1 is 0.968 bits per heavy atom. The third-order valence-electron chi connectivity index (χ3n) is 5.25. The molecule has 3 aromatic heterocycles. The molecule has 8 nitrogen and oxygen atoms in total. The van der Waals surface area contributed by atoms with Gasteiger partial charge in [0.15, 0.2) is 17.6 Å². The van der Waals surface area contributed by atoms with Gasteiger partial charge in [-0.3, -0.25) is 4.57 Å². The number of nitrogens with zero attached hydrogens (tertiary/aromatic N) is 7. The fourth-order valence-corrected chi connectivity index (χ4v) is 3.56. The van der Waals surface area contributed by atoms with Gasteiger partial charge in [0.25, 0.3) is 0 Å². The van der Waals surface area contributed by atoms with Gasteiger partial charge in [0, 0.05) is 18.5 Å². The lowest BCUT2D eigenvalue weighted by Crippen LogP contribution is -2.08. The van der Waals surface area contributed by atoms with Crippen molar-refractivity contribution in [2.24, 2.45) is 0 Å². The van der Waals surface area contributed by atoms with Gasteiger partial charge in [-0.1, -0.05) is 38.8 Å². The first-order valence-electron chi connectivity index (χ1n) is 10.8. The quantitative estimate of drug-likeness (QED) is 0.415. The van der Waals surface area contributed by atoms with Gasteiger partial charge in [0.05, 0.1) is 12.2 Å². The SMILES string of the molecule is CCCCc1nc(CCCC)n(Cc2ccc(-n3c(F)ccc3-c3nnn[nH]3)cc2)n1. The van der Waals surface area contributed by atoms with E-state index < -0.39 is 0 Å². The van der Waals surface area contributed by atoms with Crippen molar-refractivity contribution in [2.45, 2.75) is 58.9 Å². The van der Waals surface area contributed by atoms with Crippen molar-refractivity contribution in [3.05, 3.63) is 59.6 Å². The number of benzene rings is 1. The summed E-state index contributed by atoms with van der Waals surface area (Å²) in [4.78, 5) is 4.77. The summed E-state index contributed by atoms with van der Waals surface area (Å²) in [6, 6.07) is 10.8. The maximum atomic E-state index is 14.5. The first kappa shape index (κ1) is 20.9. The summed E-state index contributed by atoms with van der Waals surface area (Å²) in [5.41, 5.74) is 2.35. The van der Waals surface area contributed by atoms with Gasteiger partial charge in [-0.05, 0) is 53.1 Å². The van der Waals surface area contributed by atoms with Gasteiger partial charge >= 0.3 is 0 Å². The van der Waals surface area contributed by atoms with Crippen LogP contribution in [-0.4, -0.2) is 40.0 Å². The zero-order chi connectivity index (χ0) is 21.6. The number of aryl methyl sites for hydroxylation is 2. The lowest BCUT2D eigenvalue weighted by molar-refractivity contribution is 0.561. The van der Waals surface area contributed by atoms with Gasteiger partial charge in [-0.25, -0.2) is 14.8 Å². The molecule has 0 saturated carbocycles. The standard InChI is InChI=1S/C22H27FN8/c1-3-5-7-20-24-21(8-6-4-2)30(27-20)15-16-9-11-17(12-10-16)31-18(13-14-19(31)23)22-25-28-29-26-22/h9-14H,3-8,15H2,1-2H3,(H,25,26,28,29). The van der Waals surface area contributed by atoms with Gasteiger partial charge in [-0.2, -0.15) is 9.49 Å². The molecule has 0 saturated heterocycles. The molecule has 4 aromatic rings. The van der Waals surface area contributed by atoms with Crippen LogP contribution in [0.25, 0.3) is 17.2 Å². The van der Waals surface area contributed by atoms with E-state index in [9.17, 15) is 4.39 Å². The number of hydrogen-bond acceptors (Lipinski definition) is 5. The monoisotopic (exact) mass is 422 g/mol. The second-order valence-electron chi connectivity index (χ2n) is 7.60. The lowest BCUT2D eigenvalue weighted by atomic mass is 10.2. The van der Waals surface area contributed by atoms with Crippen molar-refractivity contribution < 1.29 is 4.39 Å². The number of halogens is 1. The second kappa shape index (κ2) is 9.63. The van der Waals surface area contributed by atoms with Crippen LogP contribution >= 0.6 is 0 Å². The van der Waals surface area contributed by atoms with E-state index in [2.05, 4.69) is 34.5 Å². The highest BCUT2D eigenvalue weighted by Gasteiger charge is 2.15. The Bertz CT molecular complexity index is 1100. The number of nitrogens with one attached hydrogen (secondary N) is 1. The third-order valence-corrected chi connectivity index (χ3v) is 5.25. The first-order chi connectivity index (χ1) is 15.2. The van der Waals surface area contributed by atoms with Crippen LogP contribution in [0.3, 0.4) is 0 Å². The van der Waals surface area contributed by atoms with E-state index in [0.29, 0.717) is 23.8 Å². The van der Waals surface area contributed by atoms with Crippen molar-refractivity contribution >= 4 is 0 Å². The van der Waals surface area contributed by atoms with Crippen LogP contribution in [0.4, 0.5) is 4.39 Å². The van der Waals surface area contributed by atoms with Crippen molar-refractivity contribution in [1.29, 1.82) is 0 Å². The minimum atomic E-state index is -0.377. The summed E-state index contributed by atoms with van der Waals surface area (Å²) >= 11 is 0. The maximum Gasteiger partial charge on any atom is 0.198 e. The van der Waals surface area contributed by atoms with Gasteiger partial charge < -0.3 is 0 Å². The molecule has 0 radical (unpaired) electrons. The van der Waals surface area contributed by atoms with Crippen molar-refractivity contribution in [3.63, 3.8) is 0 Å². The fourth-order valence-electron chi connectivity index (χ4n) is 3.56. The third kappa shape index (κ3) is 4.70. The number of H-pyrrole nitrogens is 1. The number of hydrogen-bond donors (Lipinski definition) is 1. The summed E-state index contributed by atoms with van der Waals surface area (Å²) in [6.07, 6.45) is 6.28. The number of rotatable bonds is 10. The number of aromatic amines is 1. The Morgan fingerprint density at radius 3 is 2.45 bits per heavy atom. The fraction of sp³-hybridized carbons (Fsp3) is 0.409. The average Bonchev–Trinajstić information content (AvgIpc) is 3.52. The van der Waals surface area contributed by atoms with Gasteiger partial charge in [-0.15, -0.1) is 5.10 Å². The molecule has 0 aliphatic heterocycles. The first-order valence-corrected chi connectivity index (χ1v) is 10.8. The molecule has 0 aliphatic rings. The van der Waals surface area contributed by atoms with Crippen molar-refractivity contribution in [3.8, 4) is 17.2 Å². The number of tetrazole rings is 1. The molecule has 4 rings (SSSR count). The number of aromatic nitrogens is 8. The van der Waals surface area contributed by atoms with Crippen LogP contribution in [0.5, 0.6) is 0 Å². The molecule has 9 heteroatoms. The molecule has 0 bridgehead atoms. The predicted molar refractivity (Wildman–Crippen MR) is 115 cm³/mol. The summed E-state index contributed by atoms with van der Waals surface area (Å²) in [6.45, 7) is 5.00. The van der Waals surface area contributed by atoms with E-state index in [4.69, 9.17) is 10.1 Å². The van der Waals surface area contributed by atoms with Crippen LogP contribution in [0.1, 0.15) is 56.7 Å². The Labute approximate surface area is 180 Å². The highest BCUT2D eigenvalue weighted by atomic mass is 19.1. The number of unbranched alkanes of at least 4 members (excludes halogenated alkanes) is 2. The lowest BCUT2D eigenvalue weighted by Gasteiger charge is -2.10. The molecule has 1 aromatic carbocycles. The molecule has 31 heavy (non-hydrogen) atoms. The predicted octanol–water partition coefficient (Wildman–Crippen LogP) is 4.12. The van der Waals surface area contributed by atoms with Gasteiger partial charge in [0.2, 0.25) is 0 Å². The molecular weight excluding hydrogens is 395 g/mol. The van der Waals surface area contributed by atoms with E-state index in [-0.39, 0.29) is 5.95 Å². The van der Waals surface area contributed by atoms with E-state index in [1.165, 1.54) is 10.6 Å². The molecule has 0 fully saturated rings. The molecule has 0 spiro atoms. The van der Waals surface area contributed by atoms with Crippen molar-refractivity contribution in [2.75, 3.05) is 0 Å². The average molecular weight is 423 g/mol. The van der Waals surface area contributed by atoms with E-state index in [0.717, 1.165) is 55.7 Å². The van der Waals surface area contributed by atoms with E-state index in [1.807, 2.05) is 28.9 Å². The Hall–Kier alpha value is -3.36. The largest absolute Gasteiger partial charge is 0.283 e. The summed E-state index contributed by atoms with van der Waals surface area (Å²) in [5, 5.41) is 18.5. The minimum Gasteiger partial charge on any atom is -0.283 e. The zero-order valence-electron chi connectivity index (χ0n) is 17.9. The Morgan fingerprint density at radius 2 is 1.74 bits per heavy atom. The molecule has 162 valence electrons. The second-order valence-corrected chi connectivity index (χ2v) is 7.60. The zero-order valence-corrected chi connectivity index (χ0v) is 17.9. The minimum absolute atomic E-state index is 0.377. The van der Waals surface area contributed by atoms with E-state index in [1.54, 1.807) is 6.07 Å². The highest BCUT2D eigenvalue weighted by molar-refractivity contribution is 5.55. The topological polar surface area (TPSA) is 90.1 Å². The molecule has 0 unspecified atom stereocenters. The van der Waals surface area contributed by atoms with Crippen LogP contribution < -0.4 is 0 Å². The molecule has 0 aliphatic carbocycles. The molecule has 1 N–H and O–H groups in total. The molecule has 3 heterocycles. The summed E-state index contributed by atoms with van der Waals surface area (Å²) < 4.78 is 18.0. The highest BCUT2D eigenvalue weighted by Crippen LogP contribution is 2.23. The molecular formula is C22H27FN8. The van der Waals surface area contributed by atoms with E-state index >= 15 is 0 Å². The summed E-state index contributed by atoms with van der Waals surface area (Å²) in [5.74, 6) is 1.99. The van der Waals surface area contributed by atoms with Crippen LogP contribution in [0.15, 0.2) is 36.4 Å². The Balaban J connectivity index is 1.56. The van der Waals surface area contributed by atoms with Gasteiger partial charge in [0.1, 0.15) is 5.82 Å². The normalized spacial score (nSPS) is 11.3. The van der Waals surface area contributed by atoms with Crippen molar-refractivity contribution in [1.82, 2.24) is 40.0 Å². The summed E-state index contributed by atoms with van der Waals surface area (Å²) in [7, 11) is 0. The van der Waals surface area contributed by atoms with Crippen LogP contribution in [0.2, 0.25) is 0 Å². The van der Waals surface area contributed by atoms with Crippen LogP contribution in [0, 0.1) is 5.95 Å². The van der Waals surface area contributed by atoms with Crippen LogP contribution in [-0.2, 0) is 19.4 Å².